The second-order valence-corrected chi connectivity index (χ2v) is 22.0. The Morgan fingerprint density at radius 1 is 0.911 bits per heavy atom. The Balaban J connectivity index is 0.816. The minimum absolute atomic E-state index is 0.000412. The summed E-state index contributed by atoms with van der Waals surface area (Å²) in [5.41, 5.74) is 5.40. The van der Waals surface area contributed by atoms with E-state index in [2.05, 4.69) is 41.9 Å². The summed E-state index contributed by atoms with van der Waals surface area (Å²) >= 11 is 1.56. The van der Waals surface area contributed by atoms with Gasteiger partial charge in [0.05, 0.1) is 80.1 Å². The number of aldehydes is 1. The van der Waals surface area contributed by atoms with Gasteiger partial charge in [0.15, 0.2) is 0 Å². The molecule has 2 aromatic heterocycles. The number of aromatic nitrogens is 4. The standard InChI is InChI=1S/C55H76N10O13S/c1-34(2)26-44(51(70)59-40(31-66)27-39-16-18-56-50(39)69)60-54(73)78-43-14-12-42(13-15-43)77-32-45-36(4)65(63-62-45)19-21-75-23-25-76-24-22-74-20-17-47(68)61-49(55(5,6)7)53(72)64-30-41(67)28-46(64)52(71)57-29-37-8-10-38(11-9-37)48-35(3)58-33-79-48/h8-15,31,33-34,39-41,44,46,49,67H,16-30,32H2,1-7H3,(H,56,69)(H,57,71)(H,59,70)(H,60,73)(H,61,68)/t39-,40-,41+,44-,46-,49+/m0/s1. The molecule has 4 aromatic rings. The van der Waals surface area contributed by atoms with Crippen LogP contribution in [0.25, 0.3) is 10.4 Å². The average molecular weight is 1120 g/mol. The van der Waals surface area contributed by atoms with Crippen molar-refractivity contribution in [2.75, 3.05) is 52.7 Å². The molecular formula is C55H76N10O13S. The van der Waals surface area contributed by atoms with Gasteiger partial charge in [0, 0.05) is 38.4 Å². The number of hydrogen-bond acceptors (Lipinski definition) is 17. The number of likely N-dealkylation sites (tertiary alicyclic amines) is 1. The van der Waals surface area contributed by atoms with Crippen LogP contribution in [0.1, 0.15) is 89.4 Å². The molecule has 430 valence electrons. The number of β-amino-alcohol motifs (C(OH)–C–C–N with tert-alkyl or cyclic N) is 1. The highest BCUT2D eigenvalue weighted by atomic mass is 32.1. The van der Waals surface area contributed by atoms with E-state index >= 15 is 0 Å². The maximum absolute atomic E-state index is 14.0. The van der Waals surface area contributed by atoms with Crippen LogP contribution in [0.5, 0.6) is 11.5 Å². The normalized spacial score (nSPS) is 17.4. The molecule has 0 saturated carbocycles. The van der Waals surface area contributed by atoms with Crippen LogP contribution in [0, 0.1) is 31.1 Å². The van der Waals surface area contributed by atoms with Gasteiger partial charge in [-0.25, -0.2) is 14.5 Å². The molecule has 2 aliphatic rings. The first-order chi connectivity index (χ1) is 37.8. The van der Waals surface area contributed by atoms with Crippen molar-refractivity contribution in [2.24, 2.45) is 17.3 Å². The van der Waals surface area contributed by atoms with Crippen LogP contribution >= 0.6 is 11.3 Å². The highest BCUT2D eigenvalue weighted by molar-refractivity contribution is 7.13. The molecule has 2 aliphatic heterocycles. The molecule has 23 nitrogen and oxygen atoms in total. The number of aliphatic hydroxyl groups is 1. The van der Waals surface area contributed by atoms with Crippen molar-refractivity contribution in [3.63, 3.8) is 0 Å². The summed E-state index contributed by atoms with van der Waals surface area (Å²) in [5.74, 6) is -1.53. The topological polar surface area (TPSA) is 293 Å². The fraction of sp³-hybridized carbons (Fsp3) is 0.564. The number of hydrogen-bond donors (Lipinski definition) is 6. The van der Waals surface area contributed by atoms with Crippen LogP contribution in [-0.4, -0.2) is 155 Å². The summed E-state index contributed by atoms with van der Waals surface area (Å²) in [7, 11) is 0. The van der Waals surface area contributed by atoms with E-state index in [0.29, 0.717) is 63.5 Å². The molecular weight excluding hydrogens is 1040 g/mol. The molecule has 4 heterocycles. The number of ether oxygens (including phenoxy) is 5. The lowest BCUT2D eigenvalue weighted by Crippen LogP contribution is -2.57. The molecule has 6 N–H and O–H groups in total. The van der Waals surface area contributed by atoms with Crippen molar-refractivity contribution < 1.29 is 62.4 Å². The Labute approximate surface area is 464 Å². The zero-order valence-electron chi connectivity index (χ0n) is 46.1. The van der Waals surface area contributed by atoms with E-state index in [0.717, 1.165) is 27.4 Å². The minimum Gasteiger partial charge on any atom is -0.487 e. The summed E-state index contributed by atoms with van der Waals surface area (Å²) in [6, 6.07) is 10.5. The molecule has 6 rings (SSSR count). The molecule has 2 saturated heterocycles. The molecule has 79 heavy (non-hydrogen) atoms. The number of aryl methyl sites for hydroxylation is 1. The first-order valence-corrected chi connectivity index (χ1v) is 27.6. The molecule has 6 atom stereocenters. The smallest absolute Gasteiger partial charge is 0.413 e. The van der Waals surface area contributed by atoms with Crippen molar-refractivity contribution in [1.82, 2.24) is 51.5 Å². The van der Waals surface area contributed by atoms with E-state index in [1.807, 2.05) is 72.7 Å². The Morgan fingerprint density at radius 2 is 1.59 bits per heavy atom. The fourth-order valence-corrected chi connectivity index (χ4v) is 9.77. The van der Waals surface area contributed by atoms with E-state index in [1.165, 1.54) is 4.90 Å². The van der Waals surface area contributed by atoms with Crippen LogP contribution in [0.15, 0.2) is 54.0 Å². The van der Waals surface area contributed by atoms with Gasteiger partial charge in [-0.3, -0.25) is 24.0 Å². The van der Waals surface area contributed by atoms with Gasteiger partial charge in [0.2, 0.25) is 29.5 Å². The largest absolute Gasteiger partial charge is 0.487 e. The summed E-state index contributed by atoms with van der Waals surface area (Å²) in [5, 5.41) is 32.8. The van der Waals surface area contributed by atoms with Gasteiger partial charge in [-0.2, -0.15) is 0 Å². The van der Waals surface area contributed by atoms with Crippen LogP contribution in [-0.2, 0) is 62.7 Å². The highest BCUT2D eigenvalue weighted by Crippen LogP contribution is 2.29. The van der Waals surface area contributed by atoms with Crippen molar-refractivity contribution in [3.05, 3.63) is 76.7 Å². The van der Waals surface area contributed by atoms with Gasteiger partial charge in [-0.15, -0.1) is 16.4 Å². The number of carbonyl (C=O) groups excluding carboxylic acids is 7. The Morgan fingerprint density at radius 3 is 2.23 bits per heavy atom. The Hall–Kier alpha value is -6.86. The minimum atomic E-state index is -0.970. The summed E-state index contributed by atoms with van der Waals surface area (Å²) in [6.07, 6.45) is 0.0150. The van der Waals surface area contributed by atoms with Gasteiger partial charge in [0.25, 0.3) is 0 Å². The quantitative estimate of drug-likeness (QED) is 0.0321. The van der Waals surface area contributed by atoms with Crippen molar-refractivity contribution >= 4 is 53.3 Å². The lowest BCUT2D eigenvalue weighted by molar-refractivity contribution is -0.144. The van der Waals surface area contributed by atoms with Crippen LogP contribution in [0.2, 0.25) is 0 Å². The number of thiazole rings is 1. The maximum atomic E-state index is 14.0. The second-order valence-electron chi connectivity index (χ2n) is 21.1. The van der Waals surface area contributed by atoms with Gasteiger partial charge in [-0.1, -0.05) is 64.1 Å². The maximum Gasteiger partial charge on any atom is 0.413 e. The van der Waals surface area contributed by atoms with E-state index in [-0.39, 0.29) is 94.1 Å². The Kier molecular flexibility index (Phi) is 23.2. The van der Waals surface area contributed by atoms with E-state index in [4.69, 9.17) is 23.7 Å². The average Bonchev–Trinajstić information content (AvgIpc) is 4.24. The Bertz CT molecular complexity index is 2660. The van der Waals surface area contributed by atoms with Crippen LogP contribution < -0.4 is 36.1 Å². The number of benzene rings is 2. The van der Waals surface area contributed by atoms with Gasteiger partial charge >= 0.3 is 6.09 Å². The van der Waals surface area contributed by atoms with E-state index in [1.54, 1.807) is 45.8 Å². The van der Waals surface area contributed by atoms with Crippen molar-refractivity contribution in [3.8, 4) is 21.9 Å². The monoisotopic (exact) mass is 1120 g/mol. The number of nitrogens with one attached hydrogen (secondary N) is 5. The molecule has 0 unspecified atom stereocenters. The third kappa shape index (κ3) is 18.9. The van der Waals surface area contributed by atoms with Gasteiger partial charge in [0.1, 0.15) is 48.2 Å². The zero-order valence-corrected chi connectivity index (χ0v) is 46.9. The molecule has 24 heteroatoms. The zero-order chi connectivity index (χ0) is 57.1. The number of aliphatic hydroxyl groups excluding tert-OH is 1. The van der Waals surface area contributed by atoms with Crippen molar-refractivity contribution in [1.29, 1.82) is 0 Å². The number of carbonyl (C=O) groups is 7. The predicted octanol–water partition coefficient (Wildman–Crippen LogP) is 3.56. The molecule has 0 spiro atoms. The third-order valence-electron chi connectivity index (χ3n) is 13.4. The number of nitrogens with zero attached hydrogens (tertiary/aromatic N) is 5. The van der Waals surface area contributed by atoms with E-state index in [9.17, 15) is 38.7 Å². The first-order valence-electron chi connectivity index (χ1n) is 26.7. The molecule has 0 radical (unpaired) electrons. The van der Waals surface area contributed by atoms with Crippen molar-refractivity contribution in [2.45, 2.75) is 131 Å². The number of rotatable bonds is 30. The second kappa shape index (κ2) is 29.9. The summed E-state index contributed by atoms with van der Waals surface area (Å²) in [4.78, 5) is 97.0. The van der Waals surface area contributed by atoms with Gasteiger partial charge in [-0.05, 0) is 79.8 Å². The molecule has 6 amide bonds. The summed E-state index contributed by atoms with van der Waals surface area (Å²) in [6.45, 7) is 16.0. The number of amides is 6. The molecule has 0 bridgehead atoms. The van der Waals surface area contributed by atoms with E-state index < -0.39 is 53.6 Å². The van der Waals surface area contributed by atoms with Crippen LogP contribution in [0.3, 0.4) is 0 Å². The lowest BCUT2D eigenvalue weighted by atomic mass is 9.85. The van der Waals surface area contributed by atoms with Gasteiger partial charge < -0.3 is 65.1 Å². The molecule has 2 fully saturated rings. The SMILES string of the molecule is Cc1ncsc1-c1ccc(CNC(=O)[C@@H]2C[C@@H](O)CN2C(=O)[C@@H](NC(=O)CCOCCOCCOCCn2nnc(COc3ccc(OC(=O)N[C@@H](CC(C)C)C(=O)N[C@H](C=O)C[C@@H]4CCNC4=O)cc3)c2C)C(C)(C)C)cc1. The fourth-order valence-electron chi connectivity index (χ4n) is 8.96. The lowest BCUT2D eigenvalue weighted by Gasteiger charge is -2.35. The highest BCUT2D eigenvalue weighted by Gasteiger charge is 2.44. The predicted molar refractivity (Wildman–Crippen MR) is 290 cm³/mol. The van der Waals surface area contributed by atoms with Crippen LogP contribution in [0.4, 0.5) is 4.79 Å². The molecule has 2 aromatic carbocycles. The summed E-state index contributed by atoms with van der Waals surface area (Å²) < 4.78 is 30.0. The molecule has 0 aliphatic carbocycles. The first kappa shape index (κ1) is 61.4. The third-order valence-corrected chi connectivity index (χ3v) is 14.4.